The quantitative estimate of drug-likeness (QED) is 0.795. The Hall–Kier alpha value is -1.41. The average molecular weight is 249 g/mol. The number of halogens is 1. The smallest absolute Gasteiger partial charge is 0.0521 e. The maximum absolute atomic E-state index is 6.46. The second-order valence-electron chi connectivity index (χ2n) is 4.16. The number of benzene rings is 2. The molecular formula is C14H17ClN2. The van der Waals surface area contributed by atoms with Crippen LogP contribution in [0.1, 0.15) is 25.0 Å². The van der Waals surface area contributed by atoms with Crippen molar-refractivity contribution >= 4 is 33.7 Å². The number of anilines is 2. The van der Waals surface area contributed by atoms with Crippen LogP contribution in [0.15, 0.2) is 18.2 Å². The molecule has 0 aliphatic rings. The van der Waals surface area contributed by atoms with Gasteiger partial charge in [-0.25, -0.2) is 0 Å². The largest absolute Gasteiger partial charge is 0.398 e. The van der Waals surface area contributed by atoms with Gasteiger partial charge in [-0.1, -0.05) is 37.6 Å². The Morgan fingerprint density at radius 2 is 1.71 bits per heavy atom. The summed E-state index contributed by atoms with van der Waals surface area (Å²) in [6.45, 7) is 4.18. The predicted molar refractivity (Wildman–Crippen MR) is 76.5 cm³/mol. The summed E-state index contributed by atoms with van der Waals surface area (Å²) < 4.78 is 0. The van der Waals surface area contributed by atoms with Gasteiger partial charge in [-0.2, -0.15) is 0 Å². The average Bonchev–Trinajstić information content (AvgIpc) is 2.33. The second kappa shape index (κ2) is 4.46. The van der Waals surface area contributed by atoms with Gasteiger partial charge in [-0.05, 0) is 30.0 Å². The monoisotopic (exact) mass is 248 g/mol. The van der Waals surface area contributed by atoms with Crippen LogP contribution in [0.4, 0.5) is 11.4 Å². The highest BCUT2D eigenvalue weighted by molar-refractivity contribution is 6.37. The van der Waals surface area contributed by atoms with Crippen LogP contribution in [0, 0.1) is 0 Å². The minimum absolute atomic E-state index is 0.694. The maximum Gasteiger partial charge on any atom is 0.0521 e. The van der Waals surface area contributed by atoms with Crippen LogP contribution in [0.5, 0.6) is 0 Å². The molecule has 17 heavy (non-hydrogen) atoms. The van der Waals surface area contributed by atoms with E-state index in [1.807, 2.05) is 18.2 Å². The Balaban J connectivity index is 2.99. The third kappa shape index (κ3) is 1.73. The fourth-order valence-corrected chi connectivity index (χ4v) is 2.84. The van der Waals surface area contributed by atoms with Gasteiger partial charge in [0.05, 0.1) is 5.02 Å². The molecule has 0 atom stereocenters. The summed E-state index contributed by atoms with van der Waals surface area (Å²) >= 11 is 6.46. The topological polar surface area (TPSA) is 52.0 Å². The molecule has 0 bridgehead atoms. The lowest BCUT2D eigenvalue weighted by Crippen LogP contribution is -2.03. The zero-order valence-corrected chi connectivity index (χ0v) is 10.9. The molecular weight excluding hydrogens is 232 g/mol. The zero-order valence-electron chi connectivity index (χ0n) is 10.2. The van der Waals surface area contributed by atoms with Crippen LogP contribution in [0.3, 0.4) is 0 Å². The van der Waals surface area contributed by atoms with Gasteiger partial charge in [0.15, 0.2) is 0 Å². The van der Waals surface area contributed by atoms with Gasteiger partial charge in [0.2, 0.25) is 0 Å². The Morgan fingerprint density at radius 1 is 1.06 bits per heavy atom. The minimum Gasteiger partial charge on any atom is -0.398 e. The number of nitrogen functional groups attached to an aromatic ring is 2. The van der Waals surface area contributed by atoms with E-state index in [2.05, 4.69) is 13.8 Å². The summed E-state index contributed by atoms with van der Waals surface area (Å²) in [7, 11) is 0. The Morgan fingerprint density at radius 3 is 2.29 bits per heavy atom. The molecule has 0 aliphatic heterocycles. The van der Waals surface area contributed by atoms with E-state index in [-0.39, 0.29) is 0 Å². The van der Waals surface area contributed by atoms with E-state index >= 15 is 0 Å². The highest BCUT2D eigenvalue weighted by atomic mass is 35.5. The summed E-state index contributed by atoms with van der Waals surface area (Å²) in [4.78, 5) is 0. The predicted octanol–water partition coefficient (Wildman–Crippen LogP) is 3.78. The zero-order chi connectivity index (χ0) is 12.6. The van der Waals surface area contributed by atoms with E-state index in [0.717, 1.165) is 45.5 Å². The summed E-state index contributed by atoms with van der Waals surface area (Å²) in [5.74, 6) is 0. The third-order valence-electron chi connectivity index (χ3n) is 3.26. The SMILES string of the molecule is CCc1c(CC)c(N)c2c(N)cccc2c1Cl. The van der Waals surface area contributed by atoms with Gasteiger partial charge in [0, 0.05) is 22.1 Å². The molecule has 4 N–H and O–H groups in total. The molecule has 0 fully saturated rings. The van der Waals surface area contributed by atoms with Crippen molar-refractivity contribution in [3.8, 4) is 0 Å². The molecule has 2 aromatic carbocycles. The number of fused-ring (bicyclic) bond motifs is 1. The van der Waals surface area contributed by atoms with E-state index in [4.69, 9.17) is 23.1 Å². The van der Waals surface area contributed by atoms with Crippen molar-refractivity contribution in [1.29, 1.82) is 0 Å². The van der Waals surface area contributed by atoms with Crippen LogP contribution in [0.25, 0.3) is 10.8 Å². The van der Waals surface area contributed by atoms with E-state index in [0.29, 0.717) is 5.69 Å². The van der Waals surface area contributed by atoms with Gasteiger partial charge in [0.1, 0.15) is 0 Å². The molecule has 0 unspecified atom stereocenters. The number of rotatable bonds is 2. The standard InChI is InChI=1S/C14H17ClN2/c1-3-8-9(4-2)14(17)12-10(13(8)15)6-5-7-11(12)16/h5-7H,3-4,16-17H2,1-2H3. The van der Waals surface area contributed by atoms with Gasteiger partial charge < -0.3 is 11.5 Å². The first-order valence-electron chi connectivity index (χ1n) is 5.88. The van der Waals surface area contributed by atoms with Crippen molar-refractivity contribution < 1.29 is 0 Å². The molecule has 0 radical (unpaired) electrons. The van der Waals surface area contributed by atoms with Crippen LogP contribution in [0.2, 0.25) is 5.02 Å². The first-order valence-corrected chi connectivity index (χ1v) is 6.26. The molecule has 0 aromatic heterocycles. The molecule has 0 spiro atoms. The van der Waals surface area contributed by atoms with Crippen LogP contribution in [-0.2, 0) is 12.8 Å². The molecule has 0 saturated carbocycles. The Bertz CT molecular complexity index is 576. The second-order valence-corrected chi connectivity index (χ2v) is 4.54. The summed E-state index contributed by atoms with van der Waals surface area (Å²) in [6, 6.07) is 5.75. The lowest BCUT2D eigenvalue weighted by atomic mass is 9.94. The highest BCUT2D eigenvalue weighted by Crippen LogP contribution is 2.39. The minimum atomic E-state index is 0.694. The lowest BCUT2D eigenvalue weighted by molar-refractivity contribution is 1.05. The van der Waals surface area contributed by atoms with Crippen LogP contribution < -0.4 is 11.5 Å². The fraction of sp³-hybridized carbons (Fsp3) is 0.286. The number of hydrogen-bond donors (Lipinski definition) is 2. The molecule has 0 aliphatic carbocycles. The molecule has 2 rings (SSSR count). The van der Waals surface area contributed by atoms with Gasteiger partial charge in [0.25, 0.3) is 0 Å². The lowest BCUT2D eigenvalue weighted by Gasteiger charge is -2.16. The van der Waals surface area contributed by atoms with E-state index < -0.39 is 0 Å². The van der Waals surface area contributed by atoms with Crippen molar-refractivity contribution in [3.63, 3.8) is 0 Å². The molecule has 3 heteroatoms. The first kappa shape index (κ1) is 12.1. The molecule has 2 nitrogen and oxygen atoms in total. The highest BCUT2D eigenvalue weighted by Gasteiger charge is 2.15. The Labute approximate surface area is 107 Å². The first-order chi connectivity index (χ1) is 8.11. The summed E-state index contributed by atoms with van der Waals surface area (Å²) in [5.41, 5.74) is 16.0. The number of hydrogen-bond acceptors (Lipinski definition) is 2. The molecule has 0 heterocycles. The van der Waals surface area contributed by atoms with Crippen LogP contribution in [-0.4, -0.2) is 0 Å². The maximum atomic E-state index is 6.46. The van der Waals surface area contributed by atoms with Crippen molar-refractivity contribution in [2.24, 2.45) is 0 Å². The summed E-state index contributed by atoms with van der Waals surface area (Å²) in [6.07, 6.45) is 1.76. The number of nitrogens with two attached hydrogens (primary N) is 2. The van der Waals surface area contributed by atoms with E-state index in [9.17, 15) is 0 Å². The Kier molecular flexibility index (Phi) is 3.16. The van der Waals surface area contributed by atoms with Gasteiger partial charge >= 0.3 is 0 Å². The normalized spacial score (nSPS) is 11.0. The van der Waals surface area contributed by atoms with Crippen molar-refractivity contribution in [2.45, 2.75) is 26.7 Å². The molecule has 2 aromatic rings. The van der Waals surface area contributed by atoms with Crippen LogP contribution >= 0.6 is 11.6 Å². The molecule has 0 saturated heterocycles. The molecule has 0 amide bonds. The summed E-state index contributed by atoms with van der Waals surface area (Å²) in [5, 5.41) is 2.64. The molecule has 90 valence electrons. The van der Waals surface area contributed by atoms with E-state index in [1.54, 1.807) is 0 Å². The third-order valence-corrected chi connectivity index (χ3v) is 3.70. The van der Waals surface area contributed by atoms with Crippen molar-refractivity contribution in [3.05, 3.63) is 34.3 Å². The van der Waals surface area contributed by atoms with Crippen molar-refractivity contribution in [2.75, 3.05) is 11.5 Å². The van der Waals surface area contributed by atoms with Crippen molar-refractivity contribution in [1.82, 2.24) is 0 Å². The fourth-order valence-electron chi connectivity index (χ4n) is 2.43. The van der Waals surface area contributed by atoms with Gasteiger partial charge in [-0.15, -0.1) is 0 Å². The van der Waals surface area contributed by atoms with Gasteiger partial charge in [-0.3, -0.25) is 0 Å². The van der Waals surface area contributed by atoms with E-state index in [1.165, 1.54) is 0 Å².